The molecule has 0 spiro atoms. The van der Waals surface area contributed by atoms with Gasteiger partial charge in [0, 0.05) is 5.56 Å². The summed E-state index contributed by atoms with van der Waals surface area (Å²) < 4.78 is 33.2. The summed E-state index contributed by atoms with van der Waals surface area (Å²) in [4.78, 5) is 25.4. The topological polar surface area (TPSA) is 67.4 Å². The Balaban J connectivity index is 1.89. The highest BCUT2D eigenvalue weighted by atomic mass is 127. The number of carbonyl (C=O) groups excluding carboxylic acids is 2. The van der Waals surface area contributed by atoms with Crippen molar-refractivity contribution in [1.29, 1.82) is 0 Å². The van der Waals surface area contributed by atoms with Gasteiger partial charge in [0.05, 0.1) is 31.2 Å². The summed E-state index contributed by atoms with van der Waals surface area (Å²) in [7, 11) is 1.40. The molecule has 30 heavy (non-hydrogen) atoms. The van der Waals surface area contributed by atoms with Crippen molar-refractivity contribution >= 4 is 68.4 Å². The van der Waals surface area contributed by atoms with Crippen molar-refractivity contribution in [2.24, 2.45) is 0 Å². The van der Waals surface area contributed by atoms with Gasteiger partial charge >= 0.3 is 0 Å². The van der Waals surface area contributed by atoms with E-state index in [0.717, 1.165) is 0 Å². The lowest BCUT2D eigenvalue weighted by Gasteiger charge is -2.13. The maximum atomic E-state index is 13.8. The van der Waals surface area contributed by atoms with Crippen LogP contribution in [0.25, 0.3) is 0 Å². The van der Waals surface area contributed by atoms with Gasteiger partial charge in [-0.2, -0.15) is 0 Å². The van der Waals surface area contributed by atoms with Gasteiger partial charge in [-0.3, -0.25) is 9.59 Å². The van der Waals surface area contributed by atoms with Crippen molar-refractivity contribution in [3.63, 3.8) is 0 Å². The molecule has 0 aliphatic heterocycles. The number of methoxy groups -OCH3 is 1. The van der Waals surface area contributed by atoms with Crippen molar-refractivity contribution in [2.45, 2.75) is 0 Å². The Kier molecular flexibility index (Phi) is 7.23. The Hall–Kier alpha value is -2.28. The summed E-state index contributed by atoms with van der Waals surface area (Å²) in [5.74, 6) is -1.75. The predicted octanol–water partition coefficient (Wildman–Crippen LogP) is 5.69. The number of nitrogens with one attached hydrogen (secondary N) is 2. The van der Waals surface area contributed by atoms with E-state index in [1.165, 1.54) is 49.6 Å². The highest BCUT2D eigenvalue weighted by Gasteiger charge is 2.18. The molecule has 0 radical (unpaired) electrons. The number of halogens is 4. The molecule has 5 nitrogen and oxygen atoms in total. The van der Waals surface area contributed by atoms with Crippen LogP contribution in [0.2, 0.25) is 0 Å². The fourth-order valence-electron chi connectivity index (χ4n) is 2.61. The number of hydrogen-bond acceptors (Lipinski definition) is 3. The van der Waals surface area contributed by atoms with E-state index in [4.69, 9.17) is 4.74 Å². The van der Waals surface area contributed by atoms with Gasteiger partial charge in [-0.1, -0.05) is 12.1 Å². The molecule has 3 aromatic carbocycles. The van der Waals surface area contributed by atoms with Crippen LogP contribution in [0.4, 0.5) is 20.2 Å². The van der Waals surface area contributed by atoms with Gasteiger partial charge in [0.25, 0.3) is 11.8 Å². The van der Waals surface area contributed by atoms with Crippen molar-refractivity contribution in [3.8, 4) is 5.75 Å². The fourth-order valence-corrected chi connectivity index (χ4v) is 3.60. The Bertz CT molecular complexity index is 1140. The molecule has 0 heterocycles. The number of anilines is 2. The van der Waals surface area contributed by atoms with Crippen LogP contribution in [0.5, 0.6) is 5.75 Å². The smallest absolute Gasteiger partial charge is 0.259 e. The van der Waals surface area contributed by atoms with Gasteiger partial charge in [0.1, 0.15) is 17.4 Å². The van der Waals surface area contributed by atoms with Crippen LogP contribution < -0.4 is 15.4 Å². The molecule has 0 saturated carbocycles. The van der Waals surface area contributed by atoms with E-state index in [0.29, 0.717) is 11.4 Å². The second-order valence-corrected chi connectivity index (χ2v) is 8.18. The summed E-state index contributed by atoms with van der Waals surface area (Å²) in [5.41, 5.74) is 0.887. The molecular weight excluding hydrogens is 620 g/mol. The molecule has 0 aromatic heterocycles. The number of hydrogen-bond donors (Lipinski definition) is 2. The zero-order chi connectivity index (χ0) is 21.8. The largest absolute Gasteiger partial charge is 0.496 e. The number of rotatable bonds is 5. The lowest BCUT2D eigenvalue weighted by Crippen LogP contribution is -2.17. The Morgan fingerprint density at radius 3 is 1.90 bits per heavy atom. The summed E-state index contributed by atoms with van der Waals surface area (Å²) in [6.07, 6.45) is 0. The van der Waals surface area contributed by atoms with Gasteiger partial charge in [0.2, 0.25) is 0 Å². The number of benzene rings is 3. The first-order valence-electron chi connectivity index (χ1n) is 8.50. The molecule has 0 fully saturated rings. The summed E-state index contributed by atoms with van der Waals surface area (Å²) in [6, 6.07) is 13.0. The molecule has 0 bridgehead atoms. The molecule has 0 unspecified atom stereocenters. The second kappa shape index (κ2) is 9.69. The predicted molar refractivity (Wildman–Crippen MR) is 127 cm³/mol. The number of ether oxygens (including phenoxy) is 1. The van der Waals surface area contributed by atoms with Crippen LogP contribution in [0, 0.1) is 18.8 Å². The third-order valence-electron chi connectivity index (χ3n) is 4.11. The van der Waals surface area contributed by atoms with Gasteiger partial charge in [-0.25, -0.2) is 8.78 Å². The van der Waals surface area contributed by atoms with E-state index in [9.17, 15) is 18.4 Å². The van der Waals surface area contributed by atoms with E-state index in [1.807, 2.05) is 0 Å². The van der Waals surface area contributed by atoms with Crippen molar-refractivity contribution in [3.05, 3.63) is 84.5 Å². The lowest BCUT2D eigenvalue weighted by molar-refractivity contribution is 0.102. The molecular formula is C21H14F2I2N2O3. The molecule has 0 aliphatic rings. The van der Waals surface area contributed by atoms with Gasteiger partial charge in [-0.15, -0.1) is 0 Å². The first-order chi connectivity index (χ1) is 14.3. The molecule has 3 aromatic rings. The maximum absolute atomic E-state index is 13.8. The monoisotopic (exact) mass is 634 g/mol. The summed E-state index contributed by atoms with van der Waals surface area (Å²) in [6.45, 7) is 0. The normalized spacial score (nSPS) is 10.4. The standard InChI is InChI=1S/C21H14F2I2N2O3/c1-30-17-9-8-11(20(28)26-15-6-2-4-13(22)18(15)24)10-12(17)21(29)27-16-7-3-5-14(23)19(16)25/h2-10H,1H3,(H,26,28)(H,27,29). The van der Waals surface area contributed by atoms with E-state index >= 15 is 0 Å². The fraction of sp³-hybridized carbons (Fsp3) is 0.0476. The Morgan fingerprint density at radius 1 is 0.833 bits per heavy atom. The van der Waals surface area contributed by atoms with Crippen molar-refractivity contribution in [1.82, 2.24) is 0 Å². The highest BCUT2D eigenvalue weighted by Crippen LogP contribution is 2.26. The molecule has 0 aliphatic carbocycles. The minimum atomic E-state index is -0.564. The zero-order valence-corrected chi connectivity index (χ0v) is 19.7. The van der Waals surface area contributed by atoms with E-state index in [-0.39, 0.29) is 24.0 Å². The van der Waals surface area contributed by atoms with Gasteiger partial charge in [0.15, 0.2) is 0 Å². The maximum Gasteiger partial charge on any atom is 0.259 e. The lowest BCUT2D eigenvalue weighted by atomic mass is 10.1. The number of amides is 2. The molecule has 0 saturated heterocycles. The van der Waals surface area contributed by atoms with Crippen molar-refractivity contribution < 1.29 is 23.1 Å². The van der Waals surface area contributed by atoms with Crippen LogP contribution in [0.1, 0.15) is 20.7 Å². The summed E-state index contributed by atoms with van der Waals surface area (Å²) in [5, 5.41) is 5.25. The van der Waals surface area contributed by atoms with Crippen LogP contribution in [-0.4, -0.2) is 18.9 Å². The van der Waals surface area contributed by atoms with Crippen LogP contribution in [-0.2, 0) is 0 Å². The molecule has 9 heteroatoms. The first kappa shape index (κ1) is 22.4. The molecule has 0 atom stereocenters. The minimum Gasteiger partial charge on any atom is -0.496 e. The van der Waals surface area contributed by atoms with Crippen LogP contribution in [0.3, 0.4) is 0 Å². The quantitative estimate of drug-likeness (QED) is 0.355. The zero-order valence-electron chi connectivity index (χ0n) is 15.4. The number of carbonyl (C=O) groups is 2. The van der Waals surface area contributed by atoms with Crippen molar-refractivity contribution in [2.75, 3.05) is 17.7 Å². The average molecular weight is 634 g/mol. The Labute approximate surface area is 198 Å². The molecule has 3 rings (SSSR count). The minimum absolute atomic E-state index is 0.0964. The molecule has 154 valence electrons. The highest BCUT2D eigenvalue weighted by molar-refractivity contribution is 14.1. The van der Waals surface area contributed by atoms with E-state index in [2.05, 4.69) is 10.6 Å². The second-order valence-electron chi connectivity index (χ2n) is 6.03. The van der Waals surface area contributed by atoms with Crippen LogP contribution >= 0.6 is 45.2 Å². The van der Waals surface area contributed by atoms with Crippen LogP contribution in [0.15, 0.2) is 54.6 Å². The van der Waals surface area contributed by atoms with E-state index < -0.39 is 23.4 Å². The SMILES string of the molecule is COc1ccc(C(=O)Nc2cccc(F)c2I)cc1C(=O)Nc1cccc(F)c1I. The molecule has 2 amide bonds. The average Bonchev–Trinajstić information content (AvgIpc) is 2.74. The van der Waals surface area contributed by atoms with Gasteiger partial charge < -0.3 is 15.4 Å². The Morgan fingerprint density at radius 2 is 1.37 bits per heavy atom. The summed E-state index contributed by atoms with van der Waals surface area (Å²) >= 11 is 3.59. The first-order valence-corrected chi connectivity index (χ1v) is 10.7. The third kappa shape index (κ3) is 4.89. The third-order valence-corrected chi connectivity index (χ3v) is 6.30. The molecule has 2 N–H and O–H groups in total. The van der Waals surface area contributed by atoms with E-state index in [1.54, 1.807) is 57.3 Å². The van der Waals surface area contributed by atoms with Gasteiger partial charge in [-0.05, 0) is 87.6 Å².